The predicted molar refractivity (Wildman–Crippen MR) is 96.4 cm³/mol. The van der Waals surface area contributed by atoms with Gasteiger partial charge in [0, 0.05) is 6.54 Å². The number of carboxylic acids is 3. The molecule has 0 heterocycles. The minimum Gasteiger partial charge on any atom is -0.481 e. The highest BCUT2D eigenvalue weighted by atomic mass is 19.4. The van der Waals surface area contributed by atoms with E-state index < -0.39 is 60.9 Å². The number of halogens is 3. The van der Waals surface area contributed by atoms with Crippen LogP contribution in [0, 0.1) is 0 Å². The van der Waals surface area contributed by atoms with E-state index >= 15 is 0 Å². The number of aliphatic imine (C=N–C) groups is 1. The number of amides is 2. The summed E-state index contributed by atoms with van der Waals surface area (Å²) in [6.07, 6.45) is -5.13. The van der Waals surface area contributed by atoms with Crippen LogP contribution in [0.25, 0.3) is 0 Å². The van der Waals surface area contributed by atoms with Gasteiger partial charge in [-0.25, -0.2) is 9.59 Å². The summed E-state index contributed by atoms with van der Waals surface area (Å²) in [7, 11) is 0. The summed E-state index contributed by atoms with van der Waals surface area (Å²) in [6.45, 7) is -0.219. The van der Waals surface area contributed by atoms with Crippen molar-refractivity contribution in [3.05, 3.63) is 0 Å². The first-order valence-corrected chi connectivity index (χ1v) is 8.20. The highest BCUT2D eigenvalue weighted by Crippen LogP contribution is 2.13. The second-order valence-corrected chi connectivity index (χ2v) is 5.63. The minimum atomic E-state index is -5.08. The summed E-state index contributed by atoms with van der Waals surface area (Å²) >= 11 is 0. The van der Waals surface area contributed by atoms with Gasteiger partial charge in [-0.2, -0.15) is 13.2 Å². The van der Waals surface area contributed by atoms with Crippen molar-refractivity contribution in [2.75, 3.05) is 13.1 Å². The lowest BCUT2D eigenvalue weighted by Crippen LogP contribution is -2.49. The first kappa shape index (κ1) is 29.6. The molecule has 0 radical (unpaired) electrons. The molecule has 31 heavy (non-hydrogen) atoms. The number of rotatable bonds is 11. The van der Waals surface area contributed by atoms with Gasteiger partial charge in [-0.1, -0.05) is 0 Å². The third kappa shape index (κ3) is 17.0. The summed E-state index contributed by atoms with van der Waals surface area (Å²) in [4.78, 5) is 57.1. The number of carboxylic acid groups (broad SMARTS) is 3. The molecule has 0 saturated carbocycles. The van der Waals surface area contributed by atoms with Gasteiger partial charge in [0.15, 0.2) is 5.96 Å². The Morgan fingerprint density at radius 3 is 1.94 bits per heavy atom. The fourth-order valence-corrected chi connectivity index (χ4v) is 1.57. The molecule has 0 aromatic carbocycles. The van der Waals surface area contributed by atoms with Crippen molar-refractivity contribution < 1.29 is 52.5 Å². The molecule has 2 amide bonds. The lowest BCUT2D eigenvalue weighted by atomic mass is 10.1. The lowest BCUT2D eigenvalue weighted by molar-refractivity contribution is -0.192. The van der Waals surface area contributed by atoms with Crippen LogP contribution in [0.2, 0.25) is 0 Å². The maximum absolute atomic E-state index is 11.7. The summed E-state index contributed by atoms with van der Waals surface area (Å²) in [5.74, 6) is -7.15. The van der Waals surface area contributed by atoms with E-state index in [1.165, 1.54) is 0 Å². The molecule has 17 heteroatoms. The molecule has 0 aliphatic rings. The van der Waals surface area contributed by atoms with Crippen LogP contribution >= 0.6 is 0 Å². The molecular weight excluding hydrogens is 437 g/mol. The van der Waals surface area contributed by atoms with Gasteiger partial charge in [-0.05, 0) is 12.8 Å². The molecule has 0 aliphatic carbocycles. The number of guanidine groups is 1. The van der Waals surface area contributed by atoms with Crippen molar-refractivity contribution in [3.8, 4) is 0 Å². The number of hydrogen-bond donors (Lipinski definition) is 8. The van der Waals surface area contributed by atoms with Crippen LogP contribution in [-0.2, 0) is 24.0 Å². The molecule has 0 saturated heterocycles. The second kappa shape index (κ2) is 14.4. The zero-order valence-corrected chi connectivity index (χ0v) is 15.9. The van der Waals surface area contributed by atoms with E-state index in [0.717, 1.165) is 0 Å². The molecule has 0 spiro atoms. The topological polar surface area (TPSA) is 261 Å². The predicted octanol–water partition coefficient (Wildman–Crippen LogP) is -2.84. The average Bonchev–Trinajstić information content (AvgIpc) is 2.61. The molecule has 0 aromatic rings. The van der Waals surface area contributed by atoms with Crippen LogP contribution < -0.4 is 27.8 Å². The van der Waals surface area contributed by atoms with Crippen LogP contribution in [0.3, 0.4) is 0 Å². The molecular formula is C14H23F3N6O8. The van der Waals surface area contributed by atoms with Crippen LogP contribution in [0.1, 0.15) is 19.3 Å². The molecule has 0 aromatic heterocycles. The fourth-order valence-electron chi connectivity index (χ4n) is 1.57. The van der Waals surface area contributed by atoms with E-state index in [1.807, 2.05) is 5.32 Å². The molecule has 0 fully saturated rings. The molecule has 11 N–H and O–H groups in total. The first-order chi connectivity index (χ1) is 14.1. The number of hydrogen-bond acceptors (Lipinski definition) is 7. The standard InChI is InChI=1S/C12H22N6O6.C2HF3O2/c13-6(2-1-3-16-12(14)15)10(22)17-5-8(19)18-7(11(23)24)4-9(20)21;3-2(4,5)1(6)7/h6-7H,1-5,13H2,(H,17,22)(H,18,19)(H,20,21)(H,23,24)(H4,14,15,16);(H,6,7)/t6-,7+;/m0./s1. The minimum absolute atomic E-state index is 0.0703. The van der Waals surface area contributed by atoms with E-state index in [0.29, 0.717) is 13.0 Å². The quantitative estimate of drug-likeness (QED) is 0.0884. The maximum Gasteiger partial charge on any atom is 0.490 e. The molecule has 2 atom stereocenters. The number of nitrogens with one attached hydrogen (secondary N) is 2. The second-order valence-electron chi connectivity index (χ2n) is 5.63. The normalized spacial score (nSPS) is 12.3. The van der Waals surface area contributed by atoms with Gasteiger partial charge < -0.3 is 43.2 Å². The Kier molecular flexibility index (Phi) is 13.7. The van der Waals surface area contributed by atoms with E-state index in [-0.39, 0.29) is 12.4 Å². The SMILES string of the molecule is NC(N)=NCCC[C@H](N)C(=O)NCC(=O)N[C@H](CC(=O)O)C(=O)O.O=C(O)C(F)(F)F. The highest BCUT2D eigenvalue weighted by Gasteiger charge is 2.38. The highest BCUT2D eigenvalue weighted by molar-refractivity contribution is 5.90. The number of alkyl halides is 3. The largest absolute Gasteiger partial charge is 0.490 e. The molecule has 14 nitrogen and oxygen atoms in total. The van der Waals surface area contributed by atoms with Crippen molar-refractivity contribution in [1.82, 2.24) is 10.6 Å². The van der Waals surface area contributed by atoms with Crippen LogP contribution in [0.5, 0.6) is 0 Å². The van der Waals surface area contributed by atoms with E-state index in [9.17, 15) is 32.3 Å². The number of carbonyl (C=O) groups excluding carboxylic acids is 2. The smallest absolute Gasteiger partial charge is 0.481 e. The Bertz CT molecular complexity index is 681. The van der Waals surface area contributed by atoms with E-state index in [1.54, 1.807) is 0 Å². The third-order valence-corrected chi connectivity index (χ3v) is 2.98. The molecule has 0 aliphatic heterocycles. The summed E-state index contributed by atoms with van der Waals surface area (Å²) in [5, 5.41) is 28.7. The van der Waals surface area contributed by atoms with Gasteiger partial charge in [0.2, 0.25) is 11.8 Å². The van der Waals surface area contributed by atoms with Crippen LogP contribution in [-0.4, -0.2) is 82.4 Å². The third-order valence-electron chi connectivity index (χ3n) is 2.98. The van der Waals surface area contributed by atoms with Crippen molar-refractivity contribution in [2.24, 2.45) is 22.2 Å². The van der Waals surface area contributed by atoms with Crippen molar-refractivity contribution in [2.45, 2.75) is 37.5 Å². The van der Waals surface area contributed by atoms with Gasteiger partial charge in [0.05, 0.1) is 19.0 Å². The van der Waals surface area contributed by atoms with E-state index in [2.05, 4.69) is 10.3 Å². The van der Waals surface area contributed by atoms with Crippen molar-refractivity contribution >= 4 is 35.7 Å². The summed E-state index contributed by atoms with van der Waals surface area (Å²) < 4.78 is 31.7. The maximum atomic E-state index is 11.7. The Morgan fingerprint density at radius 2 is 1.55 bits per heavy atom. The fraction of sp³-hybridized carbons (Fsp3) is 0.571. The Labute approximate surface area is 172 Å². The number of carbonyl (C=O) groups is 5. The average molecular weight is 460 g/mol. The molecule has 178 valence electrons. The van der Waals surface area contributed by atoms with Gasteiger partial charge in [-0.15, -0.1) is 0 Å². The van der Waals surface area contributed by atoms with Crippen LogP contribution in [0.4, 0.5) is 13.2 Å². The number of nitrogens with two attached hydrogens (primary N) is 3. The zero-order chi connectivity index (χ0) is 24.8. The Hall–Kier alpha value is -3.63. The first-order valence-electron chi connectivity index (χ1n) is 8.20. The zero-order valence-electron chi connectivity index (χ0n) is 15.9. The van der Waals surface area contributed by atoms with Crippen molar-refractivity contribution in [3.63, 3.8) is 0 Å². The summed E-state index contributed by atoms with van der Waals surface area (Å²) in [5.41, 5.74) is 15.9. The summed E-state index contributed by atoms with van der Waals surface area (Å²) in [6, 6.07) is -2.47. The number of aliphatic carboxylic acids is 3. The lowest BCUT2D eigenvalue weighted by Gasteiger charge is -2.14. The monoisotopic (exact) mass is 460 g/mol. The van der Waals surface area contributed by atoms with Crippen LogP contribution in [0.15, 0.2) is 4.99 Å². The van der Waals surface area contributed by atoms with Gasteiger partial charge in [0.25, 0.3) is 0 Å². The molecule has 0 bridgehead atoms. The van der Waals surface area contributed by atoms with Gasteiger partial charge in [-0.3, -0.25) is 19.4 Å². The number of nitrogens with zero attached hydrogens (tertiary/aromatic N) is 1. The van der Waals surface area contributed by atoms with Gasteiger partial charge in [0.1, 0.15) is 6.04 Å². The molecule has 0 unspecified atom stereocenters. The Balaban J connectivity index is 0. The van der Waals surface area contributed by atoms with E-state index in [4.69, 9.17) is 37.3 Å². The van der Waals surface area contributed by atoms with Gasteiger partial charge >= 0.3 is 24.1 Å². The Morgan fingerprint density at radius 1 is 1.03 bits per heavy atom. The van der Waals surface area contributed by atoms with Crippen molar-refractivity contribution in [1.29, 1.82) is 0 Å². The molecule has 0 rings (SSSR count).